The zero-order chi connectivity index (χ0) is 26.0. The molecule has 0 saturated heterocycles. The van der Waals surface area contributed by atoms with Crippen LogP contribution in [0.3, 0.4) is 0 Å². The van der Waals surface area contributed by atoms with E-state index in [4.69, 9.17) is 22.3 Å². The third-order valence-electron chi connectivity index (χ3n) is 6.53. The van der Waals surface area contributed by atoms with Crippen molar-refractivity contribution < 1.29 is 5.11 Å². The molecule has 0 fully saturated rings. The topological polar surface area (TPSA) is 82.0 Å². The van der Waals surface area contributed by atoms with Crippen molar-refractivity contribution in [1.82, 2.24) is 9.47 Å². The number of nitrogens with zero attached hydrogens (tertiary/aromatic N) is 4. The van der Waals surface area contributed by atoms with Gasteiger partial charge in [0.25, 0.3) is 0 Å². The van der Waals surface area contributed by atoms with Crippen molar-refractivity contribution in [2.45, 2.75) is 26.3 Å². The minimum absolute atomic E-state index is 0.0881. The fraction of sp³-hybridized carbons (Fsp3) is 0.321. The number of aliphatic hydroxyl groups is 1. The Morgan fingerprint density at radius 1 is 1.28 bits per heavy atom. The maximum absolute atomic E-state index is 10.8. The highest BCUT2D eigenvalue weighted by Crippen LogP contribution is 2.34. The fourth-order valence-electron chi connectivity index (χ4n) is 4.63. The van der Waals surface area contributed by atoms with E-state index >= 15 is 0 Å². The van der Waals surface area contributed by atoms with Crippen molar-refractivity contribution in [2.24, 2.45) is 4.99 Å². The van der Waals surface area contributed by atoms with Gasteiger partial charge >= 0.3 is 0 Å². The molecule has 190 valence electrons. The third-order valence-corrected chi connectivity index (χ3v) is 6.85. The first-order valence-corrected chi connectivity index (χ1v) is 12.5. The molecule has 0 amide bonds. The highest BCUT2D eigenvalue weighted by molar-refractivity contribution is 6.33. The van der Waals surface area contributed by atoms with Crippen LogP contribution in [0.4, 0.5) is 17.1 Å². The first-order valence-electron chi connectivity index (χ1n) is 12.2. The number of likely N-dealkylation sites (N-methyl/N-ethyl adjacent to an activating group) is 2. The number of aliphatic imine (C=N–C) groups is 1. The number of hydrogen-bond donors (Lipinski definition) is 3. The van der Waals surface area contributed by atoms with Gasteiger partial charge in [-0.1, -0.05) is 36.4 Å². The van der Waals surface area contributed by atoms with Gasteiger partial charge in [0.15, 0.2) is 0 Å². The van der Waals surface area contributed by atoms with Gasteiger partial charge in [0.05, 0.1) is 27.6 Å². The lowest BCUT2D eigenvalue weighted by molar-refractivity contribution is 0.416. The average Bonchev–Trinajstić information content (AvgIpc) is 3.23. The number of hydrogen-bond acceptors (Lipinski definition) is 6. The van der Waals surface area contributed by atoms with Crippen molar-refractivity contribution in [1.29, 1.82) is 0 Å². The Morgan fingerprint density at radius 3 is 2.78 bits per heavy atom. The summed E-state index contributed by atoms with van der Waals surface area (Å²) in [6.07, 6.45) is 5.86. The number of nitrogens with two attached hydrogens (primary N) is 1. The van der Waals surface area contributed by atoms with Crippen molar-refractivity contribution >= 4 is 45.3 Å². The number of benzene rings is 2. The Hall–Kier alpha value is -3.42. The zero-order valence-corrected chi connectivity index (χ0v) is 22.2. The predicted octanol–water partition coefficient (Wildman–Crippen LogP) is 5.66. The zero-order valence-electron chi connectivity index (χ0n) is 21.5. The molecule has 1 aliphatic rings. The van der Waals surface area contributed by atoms with Crippen LogP contribution >= 0.6 is 11.6 Å². The van der Waals surface area contributed by atoms with Gasteiger partial charge in [0, 0.05) is 43.8 Å². The van der Waals surface area contributed by atoms with E-state index in [2.05, 4.69) is 50.7 Å². The van der Waals surface area contributed by atoms with E-state index in [1.165, 1.54) is 11.1 Å². The van der Waals surface area contributed by atoms with E-state index in [9.17, 15) is 5.11 Å². The van der Waals surface area contributed by atoms with E-state index in [-0.39, 0.29) is 5.76 Å². The second-order valence-corrected chi connectivity index (χ2v) is 9.88. The molecule has 2 aromatic carbocycles. The smallest absolute Gasteiger partial charge is 0.137 e. The summed E-state index contributed by atoms with van der Waals surface area (Å²) in [4.78, 5) is 8.90. The van der Waals surface area contributed by atoms with Crippen LogP contribution in [0, 0.1) is 0 Å². The lowest BCUT2D eigenvalue weighted by Gasteiger charge is -2.24. The average molecular weight is 507 g/mol. The summed E-state index contributed by atoms with van der Waals surface area (Å²) < 4.78 is 2.25. The molecule has 0 radical (unpaired) electrons. The van der Waals surface area contributed by atoms with E-state index in [0.29, 0.717) is 27.9 Å². The summed E-state index contributed by atoms with van der Waals surface area (Å²) >= 11 is 6.61. The highest BCUT2D eigenvalue weighted by atomic mass is 35.5. The third kappa shape index (κ3) is 5.22. The first kappa shape index (κ1) is 25.7. The fourth-order valence-corrected chi connectivity index (χ4v) is 4.84. The van der Waals surface area contributed by atoms with Gasteiger partial charge in [-0.15, -0.1) is 0 Å². The Balaban J connectivity index is 1.64. The lowest BCUT2D eigenvalue weighted by Crippen LogP contribution is -2.29. The SMILES string of the molecule is C=C(N=C(/C(O)=C\C)c1cn2c3c(cccc13)CCC2)Nc1cc(N)c(N(C)CCN(C)C)cc1Cl. The molecule has 4 rings (SSSR count). The summed E-state index contributed by atoms with van der Waals surface area (Å²) in [6, 6.07) is 9.95. The molecule has 0 spiro atoms. The minimum Gasteiger partial charge on any atom is -0.506 e. The van der Waals surface area contributed by atoms with Crippen LogP contribution in [-0.4, -0.2) is 54.5 Å². The number of aryl methyl sites for hydroxylation is 2. The van der Waals surface area contributed by atoms with Crippen LogP contribution in [0.15, 0.2) is 65.8 Å². The molecule has 0 atom stereocenters. The van der Waals surface area contributed by atoms with E-state index < -0.39 is 0 Å². The first-order chi connectivity index (χ1) is 17.2. The second kappa shape index (κ2) is 10.7. The Labute approximate surface area is 218 Å². The monoisotopic (exact) mass is 506 g/mol. The Bertz CT molecular complexity index is 1350. The van der Waals surface area contributed by atoms with Gasteiger partial charge in [0.2, 0.25) is 0 Å². The molecule has 0 bridgehead atoms. The largest absolute Gasteiger partial charge is 0.506 e. The molecule has 0 aliphatic carbocycles. The number of anilines is 3. The van der Waals surface area contributed by atoms with Crippen LogP contribution in [0.25, 0.3) is 10.9 Å². The number of rotatable bonds is 9. The molecular formula is C28H35ClN6O. The van der Waals surface area contributed by atoms with Crippen molar-refractivity contribution in [3.63, 3.8) is 0 Å². The van der Waals surface area contributed by atoms with E-state index in [0.717, 1.165) is 49.1 Å². The molecule has 1 aromatic heterocycles. The van der Waals surface area contributed by atoms with Gasteiger partial charge in [-0.2, -0.15) is 0 Å². The predicted molar refractivity (Wildman–Crippen MR) is 154 cm³/mol. The molecule has 2 heterocycles. The quantitative estimate of drug-likeness (QED) is 0.198. The summed E-state index contributed by atoms with van der Waals surface area (Å²) in [6.45, 7) is 8.53. The van der Waals surface area contributed by atoms with Crippen LogP contribution < -0.4 is 16.0 Å². The van der Waals surface area contributed by atoms with E-state index in [1.807, 2.05) is 27.2 Å². The summed E-state index contributed by atoms with van der Waals surface area (Å²) in [7, 11) is 6.06. The van der Waals surface area contributed by atoms with Gasteiger partial charge < -0.3 is 30.5 Å². The molecule has 0 unspecified atom stereocenters. The van der Waals surface area contributed by atoms with Crippen LogP contribution in [0.5, 0.6) is 0 Å². The van der Waals surface area contributed by atoms with Crippen molar-refractivity contribution in [3.8, 4) is 0 Å². The molecule has 36 heavy (non-hydrogen) atoms. The van der Waals surface area contributed by atoms with Crippen LogP contribution in [-0.2, 0) is 13.0 Å². The number of nitrogens with one attached hydrogen (secondary N) is 1. The highest BCUT2D eigenvalue weighted by Gasteiger charge is 2.21. The van der Waals surface area contributed by atoms with Crippen LogP contribution in [0.1, 0.15) is 24.5 Å². The number of aromatic nitrogens is 1. The second-order valence-electron chi connectivity index (χ2n) is 9.47. The lowest BCUT2D eigenvalue weighted by atomic mass is 10.0. The molecule has 0 saturated carbocycles. The molecular weight excluding hydrogens is 472 g/mol. The molecule has 8 heteroatoms. The summed E-state index contributed by atoms with van der Waals surface area (Å²) in [5.74, 6) is 0.436. The maximum Gasteiger partial charge on any atom is 0.137 e. The molecule has 1 aliphatic heterocycles. The normalized spacial score (nSPS) is 13.9. The van der Waals surface area contributed by atoms with Crippen LogP contribution in [0.2, 0.25) is 5.02 Å². The van der Waals surface area contributed by atoms with Gasteiger partial charge in [0.1, 0.15) is 17.3 Å². The number of nitrogen functional groups attached to an aromatic ring is 1. The Kier molecular flexibility index (Phi) is 7.62. The number of allylic oxidation sites excluding steroid dienone is 2. The van der Waals surface area contributed by atoms with Crippen molar-refractivity contribution in [3.05, 3.63) is 76.9 Å². The van der Waals surface area contributed by atoms with Gasteiger partial charge in [-0.25, -0.2) is 4.99 Å². The minimum atomic E-state index is 0.0881. The maximum atomic E-state index is 10.8. The number of para-hydroxylation sites is 1. The molecule has 7 nitrogen and oxygen atoms in total. The van der Waals surface area contributed by atoms with Gasteiger partial charge in [-0.05, 0) is 57.6 Å². The molecule has 3 aromatic rings. The number of aliphatic hydroxyl groups excluding tert-OH is 1. The summed E-state index contributed by atoms with van der Waals surface area (Å²) in [5, 5.41) is 15.5. The van der Waals surface area contributed by atoms with Gasteiger partial charge in [-0.3, -0.25) is 0 Å². The van der Waals surface area contributed by atoms with Crippen molar-refractivity contribution in [2.75, 3.05) is 50.2 Å². The standard InChI is InChI=1S/C28H35ClN6O/c1-6-26(36)27(21-17-35-12-8-10-19-9-7-11-20(21)28(19)35)32-18(2)31-24-16-23(30)25(15-22(24)29)34(5)14-13-33(3)4/h6-7,9,11,15-17,31,36H,2,8,10,12-14,30H2,1,3-5H3/b26-6+,32-27?. The number of halogens is 1. The Morgan fingerprint density at radius 2 is 2.06 bits per heavy atom. The molecule has 4 N–H and O–H groups in total. The van der Waals surface area contributed by atoms with E-state index in [1.54, 1.807) is 19.1 Å². The summed E-state index contributed by atoms with van der Waals surface area (Å²) in [5.41, 5.74) is 12.3.